The van der Waals surface area contributed by atoms with E-state index in [1.54, 1.807) is 6.07 Å². The molecule has 2 N–H and O–H groups in total. The van der Waals surface area contributed by atoms with Crippen LogP contribution in [0.2, 0.25) is 0 Å². The minimum absolute atomic E-state index is 0.0216. The minimum Gasteiger partial charge on any atom is -0.507 e. The van der Waals surface area contributed by atoms with Gasteiger partial charge in [-0.1, -0.05) is 6.92 Å². The Morgan fingerprint density at radius 2 is 2.11 bits per heavy atom. The molecule has 0 bridgehead atoms. The second kappa shape index (κ2) is 3.85. The third-order valence-electron chi connectivity index (χ3n) is 3.62. The Labute approximate surface area is 108 Å². The average Bonchev–Trinajstić information content (AvgIpc) is 2.64. The molecule has 3 rings (SSSR count). The summed E-state index contributed by atoms with van der Waals surface area (Å²) in [7, 11) is 1.49. The van der Waals surface area contributed by atoms with Crippen LogP contribution >= 0.6 is 0 Å². The Kier molecular flexibility index (Phi) is 2.38. The van der Waals surface area contributed by atoms with Crippen molar-refractivity contribution in [2.24, 2.45) is 0 Å². The smallest absolute Gasteiger partial charge is 0.260 e. The fraction of sp³-hybridized carbons (Fsp3) is 0.286. The maximum Gasteiger partial charge on any atom is 0.260 e. The van der Waals surface area contributed by atoms with Gasteiger partial charge in [-0.15, -0.1) is 0 Å². The summed E-state index contributed by atoms with van der Waals surface area (Å²) >= 11 is 0. The van der Waals surface area contributed by atoms with Gasteiger partial charge in [0.2, 0.25) is 0 Å². The molecule has 0 aliphatic heterocycles. The number of carbonyl (C=O) groups excluding carboxylic acids is 1. The van der Waals surface area contributed by atoms with Crippen LogP contribution in [0.1, 0.15) is 35.3 Å². The van der Waals surface area contributed by atoms with Crippen molar-refractivity contribution in [1.82, 2.24) is 4.98 Å². The lowest BCUT2D eigenvalue weighted by molar-refractivity contribution is 0.0986. The molecule has 0 spiro atoms. The second-order valence-electron chi connectivity index (χ2n) is 4.84. The summed E-state index contributed by atoms with van der Waals surface area (Å²) in [5.74, 6) is 0.284. The predicted molar refractivity (Wildman–Crippen MR) is 70.1 cm³/mol. The van der Waals surface area contributed by atoms with E-state index in [4.69, 9.17) is 4.74 Å². The van der Waals surface area contributed by atoms with Crippen molar-refractivity contribution in [1.29, 1.82) is 0 Å². The summed E-state index contributed by atoms with van der Waals surface area (Å²) < 4.78 is 5.11. The van der Waals surface area contributed by atoms with Crippen molar-refractivity contribution < 1.29 is 14.6 Å². The Bertz CT molecular complexity index is 760. The molecular weight excluding hydrogens is 246 g/mol. The number of fused-ring (bicyclic) bond motifs is 3. The number of carbonyl (C=O) groups is 1. The first kappa shape index (κ1) is 11.8. The van der Waals surface area contributed by atoms with Crippen molar-refractivity contribution in [3.63, 3.8) is 0 Å². The highest BCUT2D eigenvalue weighted by molar-refractivity contribution is 6.05. The predicted octanol–water partition coefficient (Wildman–Crippen LogP) is 1.93. The first-order valence-electron chi connectivity index (χ1n) is 6.03. The van der Waals surface area contributed by atoms with Crippen LogP contribution in [-0.4, -0.2) is 23.0 Å². The number of hydrogen-bond acceptors (Lipinski definition) is 4. The molecule has 1 aromatic heterocycles. The highest BCUT2D eigenvalue weighted by atomic mass is 16.5. The molecule has 1 aliphatic carbocycles. The lowest BCUT2D eigenvalue weighted by Crippen LogP contribution is -2.12. The molecule has 1 aromatic carbocycles. The van der Waals surface area contributed by atoms with Crippen molar-refractivity contribution in [3.05, 3.63) is 33.7 Å². The van der Waals surface area contributed by atoms with Gasteiger partial charge in [0, 0.05) is 17.9 Å². The first-order valence-corrected chi connectivity index (χ1v) is 6.03. The van der Waals surface area contributed by atoms with E-state index in [-0.39, 0.29) is 22.8 Å². The number of ketones is 1. The highest BCUT2D eigenvalue weighted by Gasteiger charge is 2.30. The van der Waals surface area contributed by atoms with E-state index >= 15 is 0 Å². The van der Waals surface area contributed by atoms with E-state index in [0.29, 0.717) is 23.3 Å². The summed E-state index contributed by atoms with van der Waals surface area (Å²) in [6.45, 7) is 1.93. The van der Waals surface area contributed by atoms with Crippen LogP contribution in [0.5, 0.6) is 11.5 Å². The second-order valence-corrected chi connectivity index (χ2v) is 4.84. The number of ether oxygens (including phenoxy) is 1. The lowest BCUT2D eigenvalue weighted by atomic mass is 9.98. The molecule has 19 heavy (non-hydrogen) atoms. The van der Waals surface area contributed by atoms with E-state index in [1.165, 1.54) is 13.2 Å². The monoisotopic (exact) mass is 259 g/mol. The summed E-state index contributed by atoms with van der Waals surface area (Å²) in [6, 6.07) is 3.09. The van der Waals surface area contributed by atoms with E-state index < -0.39 is 5.56 Å². The van der Waals surface area contributed by atoms with Crippen LogP contribution in [0, 0.1) is 0 Å². The Morgan fingerprint density at radius 1 is 1.37 bits per heavy atom. The fourth-order valence-electron chi connectivity index (χ4n) is 2.76. The van der Waals surface area contributed by atoms with E-state index in [1.807, 2.05) is 6.92 Å². The number of phenolic OH excluding ortho intramolecular Hbond substituents is 1. The molecular formula is C14H13NO4. The van der Waals surface area contributed by atoms with Crippen LogP contribution in [0.3, 0.4) is 0 Å². The minimum atomic E-state index is -0.448. The van der Waals surface area contributed by atoms with E-state index in [0.717, 1.165) is 5.56 Å². The standard InChI is InChI=1S/C14H13NO4/c1-6-3-10(17)13-11(6)8-4-7(19-2)5-9(16)12(8)14(18)15-13/h4-6,16H,3H2,1-2H3,(H,15,18)/t6-/m0/s1. The fourth-order valence-corrected chi connectivity index (χ4v) is 2.76. The number of nitrogens with one attached hydrogen (secondary N) is 1. The van der Waals surface area contributed by atoms with Gasteiger partial charge in [0.25, 0.3) is 5.56 Å². The van der Waals surface area contributed by atoms with Crippen molar-refractivity contribution in [3.8, 4) is 11.5 Å². The molecule has 0 saturated heterocycles. The number of methoxy groups -OCH3 is 1. The first-order chi connectivity index (χ1) is 9.02. The summed E-state index contributed by atoms with van der Waals surface area (Å²) in [5.41, 5.74) is 0.697. The van der Waals surface area contributed by atoms with Crippen LogP contribution in [0.15, 0.2) is 16.9 Å². The Hall–Kier alpha value is -2.30. The summed E-state index contributed by atoms with van der Waals surface area (Å²) in [4.78, 5) is 26.4. The lowest BCUT2D eigenvalue weighted by Gasteiger charge is -2.11. The van der Waals surface area contributed by atoms with Gasteiger partial charge in [-0.3, -0.25) is 9.59 Å². The summed E-state index contributed by atoms with van der Waals surface area (Å²) in [5, 5.41) is 10.8. The van der Waals surface area contributed by atoms with Gasteiger partial charge in [0.1, 0.15) is 11.5 Å². The molecule has 5 nitrogen and oxygen atoms in total. The molecule has 0 radical (unpaired) electrons. The molecule has 0 unspecified atom stereocenters. The molecule has 0 amide bonds. The zero-order valence-corrected chi connectivity index (χ0v) is 10.6. The van der Waals surface area contributed by atoms with Crippen LogP contribution < -0.4 is 10.3 Å². The van der Waals surface area contributed by atoms with Gasteiger partial charge in [-0.05, 0) is 17.5 Å². The topological polar surface area (TPSA) is 79.4 Å². The van der Waals surface area contributed by atoms with Crippen LogP contribution in [0.4, 0.5) is 0 Å². The van der Waals surface area contributed by atoms with Gasteiger partial charge < -0.3 is 14.8 Å². The number of rotatable bonds is 1. The Balaban J connectivity index is 2.51. The molecule has 98 valence electrons. The highest BCUT2D eigenvalue weighted by Crippen LogP contribution is 2.39. The van der Waals surface area contributed by atoms with Crippen molar-refractivity contribution >= 4 is 16.6 Å². The number of aromatic amines is 1. The zero-order valence-electron chi connectivity index (χ0n) is 10.6. The van der Waals surface area contributed by atoms with Crippen molar-refractivity contribution in [2.45, 2.75) is 19.3 Å². The largest absolute Gasteiger partial charge is 0.507 e. The SMILES string of the molecule is COc1cc(O)c2c(=O)[nH]c3c(c2c1)[C@@H](C)CC3=O. The van der Waals surface area contributed by atoms with Crippen LogP contribution in [-0.2, 0) is 0 Å². The van der Waals surface area contributed by atoms with Gasteiger partial charge in [0.05, 0.1) is 18.2 Å². The number of hydrogen-bond donors (Lipinski definition) is 2. The maximum atomic E-state index is 12.0. The molecule has 1 atom stereocenters. The third kappa shape index (κ3) is 1.54. The number of aromatic hydroxyl groups is 1. The molecule has 1 aliphatic rings. The van der Waals surface area contributed by atoms with Gasteiger partial charge in [0.15, 0.2) is 5.78 Å². The van der Waals surface area contributed by atoms with Crippen LogP contribution in [0.25, 0.3) is 10.8 Å². The summed E-state index contributed by atoms with van der Waals surface area (Å²) in [6.07, 6.45) is 0.377. The number of benzene rings is 1. The van der Waals surface area contributed by atoms with E-state index in [9.17, 15) is 14.7 Å². The van der Waals surface area contributed by atoms with Gasteiger partial charge in [-0.25, -0.2) is 0 Å². The van der Waals surface area contributed by atoms with Gasteiger partial charge >= 0.3 is 0 Å². The molecule has 5 heteroatoms. The number of pyridine rings is 1. The quantitative estimate of drug-likeness (QED) is 0.820. The normalized spacial score (nSPS) is 17.8. The molecule has 0 fully saturated rings. The number of Topliss-reactive ketones (excluding diaryl/α,β-unsaturated/α-hetero) is 1. The molecule has 2 aromatic rings. The third-order valence-corrected chi connectivity index (χ3v) is 3.62. The van der Waals surface area contributed by atoms with E-state index in [2.05, 4.69) is 4.98 Å². The maximum absolute atomic E-state index is 12.0. The Morgan fingerprint density at radius 3 is 2.79 bits per heavy atom. The zero-order chi connectivity index (χ0) is 13.7. The van der Waals surface area contributed by atoms with Gasteiger partial charge in [-0.2, -0.15) is 0 Å². The van der Waals surface area contributed by atoms with Crippen molar-refractivity contribution in [2.75, 3.05) is 7.11 Å². The number of H-pyrrole nitrogens is 1. The number of aromatic nitrogens is 1. The number of phenols is 1. The average molecular weight is 259 g/mol. The molecule has 0 saturated carbocycles. The molecule has 1 heterocycles.